The van der Waals surface area contributed by atoms with Crippen LogP contribution >= 0.6 is 12.2 Å². The first-order valence-electron chi connectivity index (χ1n) is 6.23. The van der Waals surface area contributed by atoms with Crippen LogP contribution in [0.1, 0.15) is 37.7 Å². The van der Waals surface area contributed by atoms with Gasteiger partial charge < -0.3 is 0 Å². The molecule has 0 N–H and O–H groups in total. The lowest BCUT2D eigenvalue weighted by atomic mass is 9.68. The largest absolute Gasteiger partial charge is 0.284 e. The topological polar surface area (TPSA) is 17.1 Å². The summed E-state index contributed by atoms with van der Waals surface area (Å²) in [4.78, 5) is 11.4. The SMILES string of the molecule is O=[C]C(=S)C1(Cc2ccccc2)CCCCC1. The van der Waals surface area contributed by atoms with E-state index in [1.54, 1.807) is 0 Å². The van der Waals surface area contributed by atoms with Gasteiger partial charge in [0.15, 0.2) is 0 Å². The molecule has 0 bridgehead atoms. The summed E-state index contributed by atoms with van der Waals surface area (Å²) in [7, 11) is 0. The van der Waals surface area contributed by atoms with E-state index in [0.717, 1.165) is 19.3 Å². The molecule has 17 heavy (non-hydrogen) atoms. The van der Waals surface area contributed by atoms with Crippen LogP contribution in [0.4, 0.5) is 0 Å². The summed E-state index contributed by atoms with van der Waals surface area (Å²) in [5.74, 6) is 0. The third-order valence-electron chi connectivity index (χ3n) is 3.77. The van der Waals surface area contributed by atoms with Gasteiger partial charge in [-0.25, -0.2) is 0 Å². The molecule has 1 saturated carbocycles. The van der Waals surface area contributed by atoms with Crippen molar-refractivity contribution >= 4 is 23.4 Å². The highest BCUT2D eigenvalue weighted by molar-refractivity contribution is 7.82. The summed E-state index contributed by atoms with van der Waals surface area (Å²) in [5.41, 5.74) is 1.17. The predicted octanol–water partition coefficient (Wildman–Crippen LogP) is 3.66. The van der Waals surface area contributed by atoms with Crippen molar-refractivity contribution in [2.24, 2.45) is 5.41 Å². The molecule has 0 saturated heterocycles. The van der Waals surface area contributed by atoms with Crippen molar-refractivity contribution in [1.82, 2.24) is 0 Å². The van der Waals surface area contributed by atoms with Crippen LogP contribution in [0.25, 0.3) is 0 Å². The van der Waals surface area contributed by atoms with Crippen molar-refractivity contribution in [3.05, 3.63) is 35.9 Å². The first-order valence-corrected chi connectivity index (χ1v) is 6.64. The van der Waals surface area contributed by atoms with E-state index in [9.17, 15) is 4.79 Å². The van der Waals surface area contributed by atoms with Crippen molar-refractivity contribution in [2.45, 2.75) is 38.5 Å². The van der Waals surface area contributed by atoms with E-state index in [-0.39, 0.29) is 5.41 Å². The molecule has 0 heterocycles. The molecule has 0 atom stereocenters. The molecule has 1 aliphatic carbocycles. The van der Waals surface area contributed by atoms with E-state index in [4.69, 9.17) is 12.2 Å². The molecule has 2 rings (SSSR count). The van der Waals surface area contributed by atoms with Crippen LogP contribution in [-0.2, 0) is 11.2 Å². The smallest absolute Gasteiger partial charge is 0.241 e. The first-order chi connectivity index (χ1) is 8.27. The van der Waals surface area contributed by atoms with E-state index in [2.05, 4.69) is 12.1 Å². The molecular formula is C15H17OS. The zero-order valence-electron chi connectivity index (χ0n) is 9.95. The van der Waals surface area contributed by atoms with Crippen molar-refractivity contribution < 1.29 is 4.79 Å². The Labute approximate surface area is 108 Å². The maximum Gasteiger partial charge on any atom is 0.241 e. The molecule has 1 fully saturated rings. The van der Waals surface area contributed by atoms with Crippen LogP contribution in [0.5, 0.6) is 0 Å². The normalized spacial score (nSPS) is 18.6. The minimum Gasteiger partial charge on any atom is -0.284 e. The summed E-state index contributed by atoms with van der Waals surface area (Å²) in [6, 6.07) is 10.3. The Morgan fingerprint density at radius 1 is 1.18 bits per heavy atom. The summed E-state index contributed by atoms with van der Waals surface area (Å²) >= 11 is 5.26. The number of hydrogen-bond acceptors (Lipinski definition) is 2. The number of carbonyl (C=O) groups excluding carboxylic acids is 1. The quantitative estimate of drug-likeness (QED) is 0.753. The molecule has 0 aromatic heterocycles. The van der Waals surface area contributed by atoms with Crippen LogP contribution in [0.15, 0.2) is 30.3 Å². The van der Waals surface area contributed by atoms with Gasteiger partial charge in [0.1, 0.15) is 0 Å². The highest BCUT2D eigenvalue weighted by Gasteiger charge is 2.36. The zero-order chi connectivity index (χ0) is 12.1. The Kier molecular flexibility index (Phi) is 4.06. The molecule has 0 aliphatic heterocycles. The molecular weight excluding hydrogens is 228 g/mol. The Hall–Kier alpha value is -1.02. The van der Waals surface area contributed by atoms with Gasteiger partial charge >= 0.3 is 0 Å². The van der Waals surface area contributed by atoms with E-state index in [1.165, 1.54) is 24.8 Å². The molecule has 89 valence electrons. The van der Waals surface area contributed by atoms with Gasteiger partial charge in [0.2, 0.25) is 6.29 Å². The van der Waals surface area contributed by atoms with Gasteiger partial charge in [-0.3, -0.25) is 4.79 Å². The van der Waals surface area contributed by atoms with Crippen LogP contribution in [0.3, 0.4) is 0 Å². The lowest BCUT2D eigenvalue weighted by molar-refractivity contribution is 0.288. The van der Waals surface area contributed by atoms with Gasteiger partial charge in [0, 0.05) is 5.41 Å². The standard InChI is InChI=1S/C15H17OS/c16-12-14(17)15(9-5-2-6-10-15)11-13-7-3-1-4-8-13/h1,3-4,7-8H,2,5-6,9-11H2. The minimum atomic E-state index is -0.101. The second kappa shape index (κ2) is 5.54. The maximum atomic E-state index is 10.9. The highest BCUT2D eigenvalue weighted by atomic mass is 32.1. The van der Waals surface area contributed by atoms with Crippen molar-refractivity contribution in [3.63, 3.8) is 0 Å². The zero-order valence-corrected chi connectivity index (χ0v) is 10.8. The third kappa shape index (κ3) is 2.81. The molecule has 1 aliphatic rings. The lowest BCUT2D eigenvalue weighted by Gasteiger charge is -2.36. The average Bonchev–Trinajstić information content (AvgIpc) is 2.40. The molecule has 2 heteroatoms. The van der Waals surface area contributed by atoms with E-state index in [0.29, 0.717) is 4.86 Å². The fourth-order valence-electron chi connectivity index (χ4n) is 2.81. The second-order valence-corrected chi connectivity index (χ2v) is 5.34. The molecule has 1 aromatic carbocycles. The van der Waals surface area contributed by atoms with Crippen molar-refractivity contribution in [1.29, 1.82) is 0 Å². The highest BCUT2D eigenvalue weighted by Crippen LogP contribution is 2.40. The van der Waals surface area contributed by atoms with Gasteiger partial charge in [-0.2, -0.15) is 0 Å². The fourth-order valence-corrected chi connectivity index (χ4v) is 3.08. The molecule has 1 aromatic rings. The van der Waals surface area contributed by atoms with Crippen LogP contribution < -0.4 is 0 Å². The lowest BCUT2D eigenvalue weighted by Crippen LogP contribution is -2.35. The Morgan fingerprint density at radius 3 is 2.41 bits per heavy atom. The summed E-state index contributed by atoms with van der Waals surface area (Å²) in [5, 5.41) is 0. The minimum absolute atomic E-state index is 0.101. The predicted molar refractivity (Wildman–Crippen MR) is 74.0 cm³/mol. The number of benzene rings is 1. The number of hydrogen-bond donors (Lipinski definition) is 0. The number of rotatable bonds is 4. The molecule has 0 unspecified atom stereocenters. The first kappa shape index (κ1) is 12.4. The van der Waals surface area contributed by atoms with Crippen molar-refractivity contribution in [2.75, 3.05) is 0 Å². The van der Waals surface area contributed by atoms with Crippen molar-refractivity contribution in [3.8, 4) is 0 Å². The Morgan fingerprint density at radius 2 is 1.82 bits per heavy atom. The maximum absolute atomic E-state index is 10.9. The monoisotopic (exact) mass is 245 g/mol. The molecule has 1 nitrogen and oxygen atoms in total. The van der Waals surface area contributed by atoms with Gasteiger partial charge in [-0.1, -0.05) is 61.8 Å². The summed E-state index contributed by atoms with van der Waals surface area (Å²) in [6.07, 6.45) is 8.56. The molecule has 0 amide bonds. The van der Waals surface area contributed by atoms with E-state index < -0.39 is 0 Å². The number of thiocarbonyl (C=S) groups is 1. The van der Waals surface area contributed by atoms with Crippen LogP contribution in [0.2, 0.25) is 0 Å². The molecule has 0 spiro atoms. The summed E-state index contributed by atoms with van der Waals surface area (Å²) < 4.78 is 0. The summed E-state index contributed by atoms with van der Waals surface area (Å²) in [6.45, 7) is 0. The van der Waals surface area contributed by atoms with E-state index >= 15 is 0 Å². The van der Waals surface area contributed by atoms with Crippen LogP contribution in [0, 0.1) is 5.41 Å². The van der Waals surface area contributed by atoms with Gasteiger partial charge in [0.25, 0.3) is 0 Å². The molecule has 1 radical (unpaired) electrons. The fraction of sp³-hybridized carbons (Fsp3) is 0.467. The van der Waals surface area contributed by atoms with Gasteiger partial charge in [-0.15, -0.1) is 0 Å². The third-order valence-corrected chi connectivity index (χ3v) is 4.29. The second-order valence-electron chi connectivity index (χ2n) is 4.93. The average molecular weight is 245 g/mol. The Bertz CT molecular complexity index is 391. The Balaban J connectivity index is 2.21. The van der Waals surface area contributed by atoms with Gasteiger partial charge in [0.05, 0.1) is 4.86 Å². The van der Waals surface area contributed by atoms with Gasteiger partial charge in [-0.05, 0) is 24.8 Å². The van der Waals surface area contributed by atoms with E-state index in [1.807, 2.05) is 24.5 Å². The van der Waals surface area contributed by atoms with Crippen LogP contribution in [-0.4, -0.2) is 11.2 Å².